The van der Waals surface area contributed by atoms with Gasteiger partial charge in [-0.15, -0.1) is 0 Å². The van der Waals surface area contributed by atoms with Crippen LogP contribution < -0.4 is 0 Å². The van der Waals surface area contributed by atoms with Crippen LogP contribution in [0.3, 0.4) is 0 Å². The monoisotopic (exact) mass is 536 g/mol. The lowest BCUT2D eigenvalue weighted by Gasteiger charge is -2.37. The molecule has 0 aliphatic carbocycles. The molecular weight excluding hydrogens is 508 g/mol. The summed E-state index contributed by atoms with van der Waals surface area (Å²) in [4.78, 5) is 29.0. The average molecular weight is 537 g/mol. The number of carbonyl (C=O) groups is 2. The predicted octanol–water partition coefficient (Wildman–Crippen LogP) is 3.99. The molecule has 3 rings (SSSR count). The van der Waals surface area contributed by atoms with E-state index in [1.54, 1.807) is 38.4 Å². The highest BCUT2D eigenvalue weighted by Gasteiger charge is 2.36. The van der Waals surface area contributed by atoms with Gasteiger partial charge in [0.25, 0.3) is 0 Å². The van der Waals surface area contributed by atoms with Crippen LogP contribution in [-0.4, -0.2) is 68.6 Å². The number of alkyl halides is 1. The van der Waals surface area contributed by atoms with Crippen LogP contribution >= 0.6 is 22.4 Å². The van der Waals surface area contributed by atoms with Crippen molar-refractivity contribution in [3.63, 3.8) is 0 Å². The summed E-state index contributed by atoms with van der Waals surface area (Å²) in [6.07, 6.45) is 1.91. The molecule has 1 aliphatic heterocycles. The van der Waals surface area contributed by atoms with E-state index in [9.17, 15) is 18.0 Å². The molecular formula is C25H29ClN2O5S2. The fourth-order valence-electron chi connectivity index (χ4n) is 3.82. The summed E-state index contributed by atoms with van der Waals surface area (Å²) in [6, 6.07) is 14.9. The number of benzene rings is 2. The Kier molecular flexibility index (Phi) is 9.40. The summed E-state index contributed by atoms with van der Waals surface area (Å²) < 4.78 is 31.4. The molecule has 35 heavy (non-hydrogen) atoms. The van der Waals surface area contributed by atoms with Crippen molar-refractivity contribution in [1.29, 1.82) is 0 Å². The van der Waals surface area contributed by atoms with E-state index >= 15 is 0 Å². The van der Waals surface area contributed by atoms with Gasteiger partial charge in [-0.3, -0.25) is 9.69 Å². The highest BCUT2D eigenvalue weighted by atomic mass is 35.5. The van der Waals surface area contributed by atoms with E-state index in [0.717, 1.165) is 21.9 Å². The van der Waals surface area contributed by atoms with Gasteiger partial charge in [-0.05, 0) is 47.4 Å². The molecule has 2 unspecified atom stereocenters. The molecule has 0 aromatic heterocycles. The maximum absolute atomic E-state index is 13.1. The van der Waals surface area contributed by atoms with Crippen LogP contribution in [0.2, 0.25) is 0 Å². The van der Waals surface area contributed by atoms with Gasteiger partial charge in [-0.25, -0.2) is 13.2 Å². The van der Waals surface area contributed by atoms with Crippen molar-refractivity contribution < 1.29 is 22.7 Å². The van der Waals surface area contributed by atoms with Crippen molar-refractivity contribution in [2.24, 2.45) is 0 Å². The van der Waals surface area contributed by atoms with Gasteiger partial charge in [0.05, 0.1) is 4.90 Å². The third-order valence-corrected chi connectivity index (χ3v) is 9.70. The van der Waals surface area contributed by atoms with E-state index in [1.165, 1.54) is 11.0 Å². The molecule has 1 heterocycles. The summed E-state index contributed by atoms with van der Waals surface area (Å²) in [5.41, 5.74) is 2.34. The number of hydrogen-bond donors (Lipinski definition) is 0. The van der Waals surface area contributed by atoms with E-state index in [1.807, 2.05) is 42.2 Å². The zero-order valence-corrected chi connectivity index (χ0v) is 22.3. The maximum Gasteiger partial charge on any atom is 0.329 e. The van der Waals surface area contributed by atoms with E-state index < -0.39 is 26.1 Å². The Morgan fingerprint density at radius 3 is 2.43 bits per heavy atom. The van der Waals surface area contributed by atoms with E-state index in [0.29, 0.717) is 18.5 Å². The Morgan fingerprint density at radius 1 is 1.17 bits per heavy atom. The number of ether oxygens (including phenoxy) is 1. The van der Waals surface area contributed by atoms with Crippen LogP contribution in [0.1, 0.15) is 23.6 Å². The first-order valence-corrected chi connectivity index (χ1v) is 14.5. The lowest BCUT2D eigenvalue weighted by Crippen LogP contribution is -2.43. The molecule has 2 aromatic carbocycles. The average Bonchev–Trinajstić information content (AvgIpc) is 2.82. The van der Waals surface area contributed by atoms with Crippen molar-refractivity contribution in [2.45, 2.75) is 29.5 Å². The number of esters is 1. The summed E-state index contributed by atoms with van der Waals surface area (Å²) >= 11 is 5.67. The van der Waals surface area contributed by atoms with Gasteiger partial charge in [0.2, 0.25) is 14.8 Å². The Balaban J connectivity index is 1.92. The number of nitrogens with zero attached hydrogens (tertiary/aromatic N) is 2. The highest BCUT2D eigenvalue weighted by Crippen LogP contribution is 2.38. The summed E-state index contributed by atoms with van der Waals surface area (Å²) in [7, 11) is 0.453. The lowest BCUT2D eigenvalue weighted by molar-refractivity contribution is -0.148. The minimum atomic E-state index is -3.66. The number of piperidine rings is 1. The number of hydrogen-bond acceptors (Lipinski definition) is 7. The molecule has 2 aromatic rings. The quantitative estimate of drug-likeness (QED) is 0.218. The summed E-state index contributed by atoms with van der Waals surface area (Å²) in [5, 5.41) is -0.443. The van der Waals surface area contributed by atoms with Gasteiger partial charge in [0.1, 0.15) is 6.04 Å². The number of aryl methyl sites for hydroxylation is 1. The first-order valence-electron chi connectivity index (χ1n) is 11.1. The van der Waals surface area contributed by atoms with Crippen LogP contribution in [0.25, 0.3) is 0 Å². The second-order valence-electron chi connectivity index (χ2n) is 8.45. The van der Waals surface area contributed by atoms with Crippen molar-refractivity contribution in [1.82, 2.24) is 9.80 Å². The Bertz CT molecular complexity index is 1170. The standard InChI is InChI=1S/C25H29ClN2O5S2/c1-18-9-11-21(12-10-18)35(31,32)34-22-13-14-28(16-20(22)15-23(29)27(2)3)24(25(30)33-17-26)19-7-5-4-6-8-19/h4-12,15,22,24H,13-14,16-17H2,1-3H3/b20-15+. The number of rotatable bonds is 8. The van der Waals surface area contributed by atoms with E-state index in [-0.39, 0.29) is 23.4 Å². The highest BCUT2D eigenvalue weighted by molar-refractivity contribution is 8.72. The van der Waals surface area contributed by atoms with Crippen LogP contribution in [-0.2, 0) is 23.2 Å². The fourth-order valence-corrected chi connectivity index (χ4v) is 7.52. The number of carbonyl (C=O) groups excluding carboxylic acids is 2. The third-order valence-electron chi connectivity index (χ3n) is 5.68. The summed E-state index contributed by atoms with van der Waals surface area (Å²) in [5.74, 6) is -0.748. The largest absolute Gasteiger partial charge is 0.448 e. The molecule has 1 fully saturated rings. The first-order chi connectivity index (χ1) is 16.6. The molecule has 0 spiro atoms. The van der Waals surface area contributed by atoms with Crippen molar-refractivity contribution in [3.05, 3.63) is 77.4 Å². The predicted molar refractivity (Wildman–Crippen MR) is 139 cm³/mol. The van der Waals surface area contributed by atoms with Gasteiger partial charge in [0, 0.05) is 38.5 Å². The fraction of sp³-hybridized carbons (Fsp3) is 0.360. The number of halogens is 1. The van der Waals surface area contributed by atoms with Crippen molar-refractivity contribution in [3.8, 4) is 0 Å². The molecule has 0 N–H and O–H groups in total. The molecule has 1 amide bonds. The van der Waals surface area contributed by atoms with Gasteiger partial charge in [-0.2, -0.15) is 0 Å². The normalized spacial score (nSPS) is 18.7. The van der Waals surface area contributed by atoms with Crippen LogP contribution in [0, 0.1) is 6.92 Å². The second-order valence-corrected chi connectivity index (χ2v) is 12.7. The van der Waals surface area contributed by atoms with Crippen LogP contribution in [0.5, 0.6) is 0 Å². The van der Waals surface area contributed by atoms with Crippen molar-refractivity contribution in [2.75, 3.05) is 33.3 Å². The molecule has 7 nitrogen and oxygen atoms in total. The number of likely N-dealkylation sites (N-methyl/N-ethyl adjacent to an activating group) is 1. The van der Waals surface area contributed by atoms with Gasteiger partial charge in [-0.1, -0.05) is 59.6 Å². The minimum absolute atomic E-state index is 0.224. The zero-order chi connectivity index (χ0) is 25.6. The molecule has 10 heteroatoms. The Hall–Kier alpha value is -2.33. The van der Waals surface area contributed by atoms with E-state index in [2.05, 4.69) is 0 Å². The number of amides is 1. The SMILES string of the molecule is Cc1ccc(S(=O)(=O)SC2CCN(C(C(=O)OCCl)c3ccccc3)C/C2=C\C(=O)N(C)C)cc1. The lowest BCUT2D eigenvalue weighted by atomic mass is 9.98. The minimum Gasteiger partial charge on any atom is -0.448 e. The third kappa shape index (κ3) is 7.10. The molecule has 0 radical (unpaired) electrons. The second kappa shape index (κ2) is 12.1. The van der Waals surface area contributed by atoms with E-state index in [4.69, 9.17) is 16.3 Å². The van der Waals surface area contributed by atoms with Crippen LogP contribution in [0.4, 0.5) is 0 Å². The van der Waals surface area contributed by atoms with Gasteiger partial charge >= 0.3 is 5.97 Å². The molecule has 2 atom stereocenters. The maximum atomic E-state index is 13.1. The molecule has 188 valence electrons. The molecule has 0 saturated carbocycles. The Labute approximate surface area is 215 Å². The molecule has 0 bridgehead atoms. The molecule has 1 aliphatic rings. The van der Waals surface area contributed by atoms with Crippen LogP contribution in [0.15, 0.2) is 71.1 Å². The number of likely N-dealkylation sites (tertiary alicyclic amines) is 1. The smallest absolute Gasteiger partial charge is 0.329 e. The first kappa shape index (κ1) is 27.3. The van der Waals surface area contributed by atoms with Gasteiger partial charge in [0.15, 0.2) is 6.07 Å². The zero-order valence-electron chi connectivity index (χ0n) is 19.9. The van der Waals surface area contributed by atoms with Crippen molar-refractivity contribution >= 4 is 43.1 Å². The summed E-state index contributed by atoms with van der Waals surface area (Å²) in [6.45, 7) is 2.56. The Morgan fingerprint density at radius 2 is 1.83 bits per heavy atom. The van der Waals surface area contributed by atoms with Gasteiger partial charge < -0.3 is 9.64 Å². The topological polar surface area (TPSA) is 84.0 Å². The molecule has 1 saturated heterocycles.